The first-order valence-corrected chi connectivity index (χ1v) is 16.2. The predicted molar refractivity (Wildman–Crippen MR) is 156 cm³/mol. The fourth-order valence-electron chi connectivity index (χ4n) is 6.71. The molecule has 1 N–H and O–H groups in total. The maximum absolute atomic E-state index is 6.67. The summed E-state index contributed by atoms with van der Waals surface area (Å²) < 4.78 is 12.0. The first kappa shape index (κ1) is 26.5. The minimum Gasteiger partial charge on any atom is -0.462 e. The van der Waals surface area contributed by atoms with E-state index in [1.165, 1.54) is 0 Å². The van der Waals surface area contributed by atoms with E-state index in [4.69, 9.17) is 25.7 Å². The highest BCUT2D eigenvalue weighted by Crippen LogP contribution is 2.42. The summed E-state index contributed by atoms with van der Waals surface area (Å²) in [5.41, 5.74) is 5.12. The van der Waals surface area contributed by atoms with Crippen LogP contribution in [-0.4, -0.2) is 68.4 Å². The third-order valence-electron chi connectivity index (χ3n) is 8.57. The Morgan fingerprint density at radius 2 is 1.65 bits per heavy atom. The van der Waals surface area contributed by atoms with Gasteiger partial charge in [-0.3, -0.25) is 4.90 Å². The van der Waals surface area contributed by atoms with Crippen molar-refractivity contribution in [3.05, 3.63) is 35.6 Å². The number of pyridine rings is 2. The Balaban J connectivity index is 1.37. The van der Waals surface area contributed by atoms with Crippen LogP contribution in [0.1, 0.15) is 41.5 Å². The molecule has 2 fully saturated rings. The molecule has 0 radical (unpaired) electrons. The van der Waals surface area contributed by atoms with Crippen LogP contribution in [0.15, 0.2) is 34.9 Å². The summed E-state index contributed by atoms with van der Waals surface area (Å²) in [6, 6.07) is 8.75. The molecule has 0 aromatic carbocycles. The number of piperazine rings is 1. The van der Waals surface area contributed by atoms with Crippen molar-refractivity contribution in [1.29, 1.82) is 0 Å². The lowest BCUT2D eigenvalue weighted by Crippen LogP contribution is -2.56. The molecule has 0 aliphatic carbocycles. The number of rotatable bonds is 8. The SMILES string of the molecule is CC(C)[Si](c1cc2nc(Cl)cc(Nc3ccc(N4CCN(C5COC5)CC4)cn3)c2o1)(C(C)C)C(C)C. The van der Waals surface area contributed by atoms with Crippen molar-refractivity contribution in [2.75, 3.05) is 49.6 Å². The molecule has 7 nitrogen and oxygen atoms in total. The Labute approximate surface area is 226 Å². The summed E-state index contributed by atoms with van der Waals surface area (Å²) in [7, 11) is -1.97. The van der Waals surface area contributed by atoms with E-state index in [0.29, 0.717) is 27.8 Å². The molecule has 3 aromatic heterocycles. The number of furan rings is 1. The van der Waals surface area contributed by atoms with Gasteiger partial charge in [0.05, 0.1) is 42.2 Å². The maximum Gasteiger partial charge on any atom is 0.175 e. The average Bonchev–Trinajstić information content (AvgIpc) is 3.22. The molecule has 2 aliphatic rings. The Morgan fingerprint density at radius 3 is 2.19 bits per heavy atom. The molecule has 0 saturated carbocycles. The molecule has 3 aromatic rings. The molecule has 0 bridgehead atoms. The summed E-state index contributed by atoms with van der Waals surface area (Å²) in [5.74, 6) is 0.760. The van der Waals surface area contributed by atoms with Gasteiger partial charge in [0.1, 0.15) is 24.6 Å². The van der Waals surface area contributed by atoms with Crippen LogP contribution >= 0.6 is 11.6 Å². The van der Waals surface area contributed by atoms with Gasteiger partial charge in [-0.15, -0.1) is 0 Å². The number of anilines is 3. The fraction of sp³-hybridized carbons (Fsp3) is 0.571. The lowest BCUT2D eigenvalue weighted by molar-refractivity contribution is -0.0660. The Hall–Kier alpha value is -2.13. The number of aromatic nitrogens is 2. The normalized spacial score (nSPS) is 17.8. The minimum absolute atomic E-state index is 0.444. The van der Waals surface area contributed by atoms with Crippen LogP contribution in [0.2, 0.25) is 21.8 Å². The van der Waals surface area contributed by atoms with E-state index in [9.17, 15) is 0 Å². The molecule has 5 rings (SSSR count). The number of fused-ring (bicyclic) bond motifs is 1. The minimum atomic E-state index is -1.97. The van der Waals surface area contributed by atoms with E-state index in [1.807, 2.05) is 18.3 Å². The van der Waals surface area contributed by atoms with E-state index in [2.05, 4.69) is 73.8 Å². The van der Waals surface area contributed by atoms with Gasteiger partial charge < -0.3 is 19.4 Å². The fourth-order valence-corrected chi connectivity index (χ4v) is 13.3. The summed E-state index contributed by atoms with van der Waals surface area (Å²) in [6.45, 7) is 19.9. The van der Waals surface area contributed by atoms with Crippen molar-refractivity contribution in [2.45, 2.75) is 64.2 Å². The molecule has 2 saturated heterocycles. The summed E-state index contributed by atoms with van der Waals surface area (Å²) in [4.78, 5) is 14.3. The van der Waals surface area contributed by atoms with Gasteiger partial charge in [-0.25, -0.2) is 9.97 Å². The van der Waals surface area contributed by atoms with Crippen LogP contribution in [0.5, 0.6) is 0 Å². The van der Waals surface area contributed by atoms with Crippen LogP contribution < -0.4 is 15.6 Å². The molecule has 0 spiro atoms. The van der Waals surface area contributed by atoms with Crippen LogP contribution in [0, 0.1) is 0 Å². The quantitative estimate of drug-likeness (QED) is 0.276. The van der Waals surface area contributed by atoms with Gasteiger partial charge in [0.15, 0.2) is 5.58 Å². The van der Waals surface area contributed by atoms with Gasteiger partial charge in [0.2, 0.25) is 0 Å². The van der Waals surface area contributed by atoms with Crippen LogP contribution in [0.25, 0.3) is 11.1 Å². The molecule has 0 amide bonds. The second-order valence-electron chi connectivity index (χ2n) is 11.5. The van der Waals surface area contributed by atoms with E-state index < -0.39 is 8.07 Å². The first-order valence-electron chi connectivity index (χ1n) is 13.6. The highest BCUT2D eigenvalue weighted by atomic mass is 35.5. The first-order chi connectivity index (χ1) is 17.7. The third kappa shape index (κ3) is 4.89. The number of nitrogens with zero attached hydrogens (tertiary/aromatic N) is 4. The Bertz CT molecular complexity index is 1200. The van der Waals surface area contributed by atoms with Gasteiger partial charge in [-0.2, -0.15) is 0 Å². The molecular weight excluding hydrogens is 502 g/mol. The van der Waals surface area contributed by atoms with E-state index in [0.717, 1.165) is 73.1 Å². The molecule has 9 heteroatoms. The van der Waals surface area contributed by atoms with Crippen molar-refractivity contribution in [1.82, 2.24) is 14.9 Å². The van der Waals surface area contributed by atoms with Crippen molar-refractivity contribution >= 4 is 53.4 Å². The molecule has 37 heavy (non-hydrogen) atoms. The van der Waals surface area contributed by atoms with Gasteiger partial charge >= 0.3 is 0 Å². The number of hydrogen-bond donors (Lipinski definition) is 1. The summed E-state index contributed by atoms with van der Waals surface area (Å²) >= 11 is 6.46. The highest BCUT2D eigenvalue weighted by molar-refractivity contribution is 6.94. The number of nitrogens with one attached hydrogen (secondary N) is 1. The summed E-state index contributed by atoms with van der Waals surface area (Å²) in [6.07, 6.45) is 1.95. The van der Waals surface area contributed by atoms with Gasteiger partial charge in [0, 0.05) is 38.3 Å². The molecule has 0 atom stereocenters. The Kier molecular flexibility index (Phi) is 7.55. The lowest BCUT2D eigenvalue weighted by Gasteiger charge is -2.43. The van der Waals surface area contributed by atoms with Gasteiger partial charge in [-0.1, -0.05) is 53.1 Å². The van der Waals surface area contributed by atoms with Gasteiger partial charge in [-0.05, 0) is 28.8 Å². The molecular formula is C28H40ClN5O2Si. The Morgan fingerprint density at radius 1 is 0.973 bits per heavy atom. The van der Waals surface area contributed by atoms with Crippen molar-refractivity contribution in [2.24, 2.45) is 0 Å². The standard InChI is InChI=1S/C28H40ClN5O2Si/c1-18(2)37(19(3)4,20(5)6)27-14-24-28(36-27)23(13-25(29)31-24)32-26-8-7-21(15-30-26)33-9-11-34(12-10-33)22-16-35-17-22/h7-8,13-15,18-20,22H,9-12,16-17H2,1-6H3,(H,30,31,32). The summed E-state index contributed by atoms with van der Waals surface area (Å²) in [5, 5.41) is 5.00. The van der Waals surface area contributed by atoms with Crippen molar-refractivity contribution in [3.63, 3.8) is 0 Å². The van der Waals surface area contributed by atoms with Gasteiger partial charge in [0.25, 0.3) is 0 Å². The predicted octanol–water partition coefficient (Wildman–Crippen LogP) is 6.03. The van der Waals surface area contributed by atoms with Crippen molar-refractivity contribution in [3.8, 4) is 0 Å². The zero-order valence-electron chi connectivity index (χ0n) is 22.9. The number of halogens is 1. The second-order valence-corrected chi connectivity index (χ2v) is 17.7. The van der Waals surface area contributed by atoms with Crippen LogP contribution in [-0.2, 0) is 4.74 Å². The zero-order valence-corrected chi connectivity index (χ0v) is 24.7. The highest BCUT2D eigenvalue weighted by Gasteiger charge is 2.47. The number of hydrogen-bond acceptors (Lipinski definition) is 7. The van der Waals surface area contributed by atoms with Crippen LogP contribution in [0.4, 0.5) is 17.2 Å². The average molecular weight is 542 g/mol. The molecule has 5 heterocycles. The number of ether oxygens (including phenoxy) is 1. The largest absolute Gasteiger partial charge is 0.462 e. The van der Waals surface area contributed by atoms with E-state index >= 15 is 0 Å². The zero-order chi connectivity index (χ0) is 26.3. The van der Waals surface area contributed by atoms with Crippen LogP contribution in [0.3, 0.4) is 0 Å². The third-order valence-corrected chi connectivity index (χ3v) is 15.6. The van der Waals surface area contributed by atoms with E-state index in [-0.39, 0.29) is 0 Å². The maximum atomic E-state index is 6.67. The topological polar surface area (TPSA) is 66.7 Å². The molecule has 200 valence electrons. The second kappa shape index (κ2) is 10.6. The monoisotopic (exact) mass is 541 g/mol. The smallest absolute Gasteiger partial charge is 0.175 e. The molecule has 0 unspecified atom stereocenters. The van der Waals surface area contributed by atoms with Crippen molar-refractivity contribution < 1.29 is 9.15 Å². The molecule has 2 aliphatic heterocycles. The lowest BCUT2D eigenvalue weighted by atomic mass is 10.2. The van der Waals surface area contributed by atoms with E-state index in [1.54, 1.807) is 0 Å².